The Morgan fingerprint density at radius 2 is 2.24 bits per heavy atom. The maximum absolute atomic E-state index is 12.2. The van der Waals surface area contributed by atoms with Crippen molar-refractivity contribution in [3.05, 3.63) is 54.1 Å². The third-order valence-electron chi connectivity index (χ3n) is 3.77. The number of rotatable bonds is 4. The highest BCUT2D eigenvalue weighted by atomic mass is 16.1. The van der Waals surface area contributed by atoms with Crippen molar-refractivity contribution in [2.75, 3.05) is 13.1 Å². The van der Waals surface area contributed by atoms with Crippen molar-refractivity contribution in [1.29, 1.82) is 0 Å². The molecule has 0 saturated carbocycles. The first-order valence-electron chi connectivity index (χ1n) is 7.37. The molecule has 2 heterocycles. The minimum Gasteiger partial charge on any atom is -0.348 e. The van der Waals surface area contributed by atoms with E-state index in [9.17, 15) is 4.79 Å². The highest BCUT2D eigenvalue weighted by Gasteiger charge is 2.16. The molecular formula is C16H20N4O. The molecule has 1 fully saturated rings. The van der Waals surface area contributed by atoms with Crippen LogP contribution in [0.25, 0.3) is 0 Å². The summed E-state index contributed by atoms with van der Waals surface area (Å²) >= 11 is 0. The van der Waals surface area contributed by atoms with Crippen LogP contribution in [0.5, 0.6) is 0 Å². The smallest absolute Gasteiger partial charge is 0.251 e. The maximum Gasteiger partial charge on any atom is 0.251 e. The van der Waals surface area contributed by atoms with Crippen LogP contribution in [0, 0.1) is 0 Å². The van der Waals surface area contributed by atoms with Crippen molar-refractivity contribution in [3.63, 3.8) is 0 Å². The number of amides is 1. The SMILES string of the molecule is O=C(NC1CCCNC1)c1ccc(Cn2ccnc2)cc1. The van der Waals surface area contributed by atoms with Gasteiger partial charge in [0.05, 0.1) is 6.33 Å². The van der Waals surface area contributed by atoms with Gasteiger partial charge in [-0.15, -0.1) is 0 Å². The van der Waals surface area contributed by atoms with Gasteiger partial charge in [0.15, 0.2) is 0 Å². The first-order valence-corrected chi connectivity index (χ1v) is 7.37. The van der Waals surface area contributed by atoms with Gasteiger partial charge in [-0.25, -0.2) is 4.98 Å². The fourth-order valence-corrected chi connectivity index (χ4v) is 2.60. The third-order valence-corrected chi connectivity index (χ3v) is 3.77. The van der Waals surface area contributed by atoms with E-state index in [0.717, 1.165) is 43.6 Å². The van der Waals surface area contributed by atoms with E-state index in [1.807, 2.05) is 35.0 Å². The van der Waals surface area contributed by atoms with Crippen LogP contribution in [-0.4, -0.2) is 34.6 Å². The number of imidazole rings is 1. The molecule has 0 bridgehead atoms. The Bertz CT molecular complexity index is 571. The van der Waals surface area contributed by atoms with Crippen molar-refractivity contribution in [2.45, 2.75) is 25.4 Å². The lowest BCUT2D eigenvalue weighted by Crippen LogP contribution is -2.45. The number of hydrogen-bond donors (Lipinski definition) is 2. The summed E-state index contributed by atoms with van der Waals surface area (Å²) in [4.78, 5) is 16.2. The van der Waals surface area contributed by atoms with Gasteiger partial charge in [-0.1, -0.05) is 12.1 Å². The predicted octanol–water partition coefficient (Wildman–Crippen LogP) is 1.41. The van der Waals surface area contributed by atoms with E-state index < -0.39 is 0 Å². The maximum atomic E-state index is 12.2. The van der Waals surface area contributed by atoms with Crippen LogP contribution in [0.3, 0.4) is 0 Å². The molecular weight excluding hydrogens is 264 g/mol. The van der Waals surface area contributed by atoms with Crippen LogP contribution >= 0.6 is 0 Å². The van der Waals surface area contributed by atoms with Crippen LogP contribution in [0.2, 0.25) is 0 Å². The molecule has 1 atom stereocenters. The molecule has 0 radical (unpaired) electrons. The third kappa shape index (κ3) is 3.70. The monoisotopic (exact) mass is 284 g/mol. The molecule has 5 nitrogen and oxygen atoms in total. The van der Waals surface area contributed by atoms with Gasteiger partial charge in [0.2, 0.25) is 0 Å². The summed E-state index contributed by atoms with van der Waals surface area (Å²) in [6, 6.07) is 8.01. The van der Waals surface area contributed by atoms with E-state index in [1.165, 1.54) is 0 Å². The Morgan fingerprint density at radius 3 is 2.90 bits per heavy atom. The summed E-state index contributed by atoms with van der Waals surface area (Å²) < 4.78 is 2.00. The average molecular weight is 284 g/mol. The van der Waals surface area contributed by atoms with E-state index >= 15 is 0 Å². The van der Waals surface area contributed by atoms with Crippen molar-refractivity contribution in [3.8, 4) is 0 Å². The van der Waals surface area contributed by atoms with E-state index in [2.05, 4.69) is 15.6 Å². The Labute approximate surface area is 124 Å². The molecule has 1 aromatic heterocycles. The number of nitrogens with one attached hydrogen (secondary N) is 2. The topological polar surface area (TPSA) is 59.0 Å². The molecule has 0 aliphatic carbocycles. The van der Waals surface area contributed by atoms with Crippen LogP contribution in [0.1, 0.15) is 28.8 Å². The number of piperidine rings is 1. The Balaban J connectivity index is 1.59. The zero-order chi connectivity index (χ0) is 14.5. The molecule has 21 heavy (non-hydrogen) atoms. The van der Waals surface area contributed by atoms with Crippen LogP contribution in [0.15, 0.2) is 43.0 Å². The molecule has 1 unspecified atom stereocenters. The van der Waals surface area contributed by atoms with E-state index in [1.54, 1.807) is 12.5 Å². The normalized spacial score (nSPS) is 18.4. The highest BCUT2D eigenvalue weighted by Crippen LogP contribution is 2.08. The molecule has 1 saturated heterocycles. The minimum atomic E-state index is 0.0119. The molecule has 2 aromatic rings. The average Bonchev–Trinajstić information content (AvgIpc) is 3.02. The number of benzene rings is 1. The quantitative estimate of drug-likeness (QED) is 0.892. The molecule has 1 aliphatic rings. The zero-order valence-electron chi connectivity index (χ0n) is 12.0. The fourth-order valence-electron chi connectivity index (χ4n) is 2.60. The predicted molar refractivity (Wildman–Crippen MR) is 81.1 cm³/mol. The summed E-state index contributed by atoms with van der Waals surface area (Å²) in [7, 11) is 0. The van der Waals surface area contributed by atoms with Gasteiger partial charge in [-0.2, -0.15) is 0 Å². The summed E-state index contributed by atoms with van der Waals surface area (Å²) in [6.07, 6.45) is 7.65. The zero-order valence-corrected chi connectivity index (χ0v) is 12.0. The van der Waals surface area contributed by atoms with E-state index in [-0.39, 0.29) is 11.9 Å². The number of carbonyl (C=O) groups is 1. The standard InChI is InChI=1S/C16H20N4O/c21-16(19-15-2-1-7-17-10-15)14-5-3-13(4-6-14)11-20-9-8-18-12-20/h3-6,8-9,12,15,17H,1-2,7,10-11H2,(H,19,21). The highest BCUT2D eigenvalue weighted by molar-refractivity contribution is 5.94. The molecule has 1 aliphatic heterocycles. The number of hydrogen-bond acceptors (Lipinski definition) is 3. The summed E-state index contributed by atoms with van der Waals surface area (Å²) in [5, 5.41) is 6.39. The second-order valence-electron chi connectivity index (χ2n) is 5.45. The number of carbonyl (C=O) groups excluding carboxylic acids is 1. The Morgan fingerprint density at radius 1 is 1.38 bits per heavy atom. The van der Waals surface area contributed by atoms with Crippen molar-refractivity contribution in [2.24, 2.45) is 0 Å². The molecule has 1 amide bonds. The molecule has 2 N–H and O–H groups in total. The lowest BCUT2D eigenvalue weighted by Gasteiger charge is -2.23. The summed E-state index contributed by atoms with van der Waals surface area (Å²) in [5.41, 5.74) is 1.87. The van der Waals surface area contributed by atoms with Crippen molar-refractivity contribution < 1.29 is 4.79 Å². The van der Waals surface area contributed by atoms with Gasteiger partial charge in [-0.05, 0) is 37.1 Å². The first-order chi connectivity index (χ1) is 10.3. The molecule has 3 rings (SSSR count). The van der Waals surface area contributed by atoms with Crippen molar-refractivity contribution in [1.82, 2.24) is 20.2 Å². The van der Waals surface area contributed by atoms with Gasteiger partial charge in [0.25, 0.3) is 5.91 Å². The van der Waals surface area contributed by atoms with Crippen LogP contribution in [-0.2, 0) is 6.54 Å². The van der Waals surface area contributed by atoms with Gasteiger partial charge >= 0.3 is 0 Å². The largest absolute Gasteiger partial charge is 0.348 e. The van der Waals surface area contributed by atoms with Gasteiger partial charge in [0.1, 0.15) is 0 Å². The lowest BCUT2D eigenvalue weighted by molar-refractivity contribution is 0.0930. The van der Waals surface area contributed by atoms with Gasteiger partial charge < -0.3 is 15.2 Å². The molecule has 110 valence electrons. The molecule has 1 aromatic carbocycles. The van der Waals surface area contributed by atoms with Gasteiger partial charge in [-0.3, -0.25) is 4.79 Å². The summed E-state index contributed by atoms with van der Waals surface area (Å²) in [5.74, 6) is 0.0119. The number of nitrogens with zero attached hydrogens (tertiary/aromatic N) is 2. The van der Waals surface area contributed by atoms with Gasteiger partial charge in [0, 0.05) is 37.1 Å². The molecule has 5 heteroatoms. The van der Waals surface area contributed by atoms with E-state index in [0.29, 0.717) is 0 Å². The second-order valence-corrected chi connectivity index (χ2v) is 5.45. The van der Waals surface area contributed by atoms with Crippen LogP contribution < -0.4 is 10.6 Å². The molecule has 0 spiro atoms. The fraction of sp³-hybridized carbons (Fsp3) is 0.375. The number of aromatic nitrogens is 2. The van der Waals surface area contributed by atoms with E-state index in [4.69, 9.17) is 0 Å². The Hall–Kier alpha value is -2.14. The minimum absolute atomic E-state index is 0.0119. The van der Waals surface area contributed by atoms with Crippen LogP contribution in [0.4, 0.5) is 0 Å². The summed E-state index contributed by atoms with van der Waals surface area (Å²) in [6.45, 7) is 2.69. The second kappa shape index (κ2) is 6.54. The Kier molecular flexibility index (Phi) is 4.31. The first kappa shape index (κ1) is 13.8. The van der Waals surface area contributed by atoms with Crippen molar-refractivity contribution >= 4 is 5.91 Å². The lowest BCUT2D eigenvalue weighted by atomic mass is 10.1.